The summed E-state index contributed by atoms with van der Waals surface area (Å²) in [5.74, 6) is -0.581. The third-order valence-electron chi connectivity index (χ3n) is 1.31. The number of phenols is 1. The second-order valence-electron chi connectivity index (χ2n) is 2.32. The number of carbonyl (C=O) groups is 1. The molecule has 1 aromatic rings. The summed E-state index contributed by atoms with van der Waals surface area (Å²) in [4.78, 5) is 10.9. The lowest BCUT2D eigenvalue weighted by Crippen LogP contribution is -2.00. The number of esters is 1. The quantitative estimate of drug-likeness (QED) is 0.665. The molecule has 0 aliphatic carbocycles. The van der Waals surface area contributed by atoms with Gasteiger partial charge in [0.15, 0.2) is 0 Å². The molecule has 0 bridgehead atoms. The lowest BCUT2D eigenvalue weighted by molar-refractivity contribution is 0.0597. The third kappa shape index (κ3) is 3.91. The van der Waals surface area contributed by atoms with E-state index in [0.717, 1.165) is 0 Å². The van der Waals surface area contributed by atoms with E-state index < -0.39 is 5.97 Å². The molecule has 78 valence electrons. The van der Waals surface area contributed by atoms with Gasteiger partial charge in [0.25, 0.3) is 0 Å². The van der Waals surface area contributed by atoms with Crippen molar-refractivity contribution in [2.75, 3.05) is 13.7 Å². The van der Waals surface area contributed by atoms with Crippen molar-refractivity contribution in [2.45, 2.75) is 6.92 Å². The number of hydrogen-bond acceptors (Lipinski definition) is 4. The average molecular weight is 198 g/mol. The highest BCUT2D eigenvalue weighted by atomic mass is 16.5. The molecule has 1 aromatic carbocycles. The first kappa shape index (κ1) is 12.4. The maximum atomic E-state index is 10.9. The van der Waals surface area contributed by atoms with Gasteiger partial charge in [0, 0.05) is 6.61 Å². The Morgan fingerprint density at radius 2 is 1.93 bits per heavy atom. The monoisotopic (exact) mass is 198 g/mol. The highest BCUT2D eigenvalue weighted by molar-refractivity contribution is 5.92. The molecule has 0 fully saturated rings. The number of carbonyl (C=O) groups excluding carboxylic acids is 1. The Bertz CT molecular complexity index is 283. The molecule has 0 unspecified atom stereocenters. The Kier molecular flexibility index (Phi) is 6.15. The second kappa shape index (κ2) is 6.91. The van der Waals surface area contributed by atoms with Gasteiger partial charge >= 0.3 is 5.97 Å². The number of aliphatic hydroxyl groups is 1. The Balaban J connectivity index is 0.000000500. The summed E-state index contributed by atoms with van der Waals surface area (Å²) in [6, 6.07) is 6.24. The zero-order valence-electron chi connectivity index (χ0n) is 8.23. The van der Waals surface area contributed by atoms with Gasteiger partial charge in [-0.25, -0.2) is 4.79 Å². The van der Waals surface area contributed by atoms with E-state index in [1.165, 1.54) is 19.2 Å². The molecule has 14 heavy (non-hydrogen) atoms. The van der Waals surface area contributed by atoms with Gasteiger partial charge < -0.3 is 14.9 Å². The molecular formula is C10H14O4. The predicted molar refractivity (Wildman–Crippen MR) is 52.2 cm³/mol. The summed E-state index contributed by atoms with van der Waals surface area (Å²) in [6.45, 7) is 1.93. The molecule has 0 heterocycles. The minimum atomic E-state index is -0.525. The van der Waals surface area contributed by atoms with Crippen molar-refractivity contribution in [3.8, 4) is 5.75 Å². The van der Waals surface area contributed by atoms with Crippen LogP contribution in [-0.4, -0.2) is 29.9 Å². The van der Waals surface area contributed by atoms with Crippen LogP contribution in [0.3, 0.4) is 0 Å². The molecule has 0 atom stereocenters. The molecule has 0 saturated heterocycles. The Morgan fingerprint density at radius 1 is 1.43 bits per heavy atom. The number of ether oxygens (including phenoxy) is 1. The van der Waals surface area contributed by atoms with Crippen LogP contribution in [0.4, 0.5) is 0 Å². The summed E-state index contributed by atoms with van der Waals surface area (Å²) in [5.41, 5.74) is 0.190. The van der Waals surface area contributed by atoms with E-state index in [4.69, 9.17) is 10.2 Å². The Hall–Kier alpha value is -1.55. The SMILES string of the molecule is CCO.COC(=O)c1ccccc1O. The fourth-order valence-electron chi connectivity index (χ4n) is 0.756. The van der Waals surface area contributed by atoms with Crippen LogP contribution in [0, 0.1) is 0 Å². The molecule has 1 rings (SSSR count). The smallest absolute Gasteiger partial charge is 0.341 e. The third-order valence-corrected chi connectivity index (χ3v) is 1.31. The van der Waals surface area contributed by atoms with Crippen molar-refractivity contribution in [1.82, 2.24) is 0 Å². The highest BCUT2D eigenvalue weighted by Gasteiger charge is 2.08. The van der Waals surface area contributed by atoms with E-state index in [0.29, 0.717) is 0 Å². The largest absolute Gasteiger partial charge is 0.507 e. The first-order valence-electron chi connectivity index (χ1n) is 4.14. The lowest BCUT2D eigenvalue weighted by atomic mass is 10.2. The number of hydrogen-bond donors (Lipinski definition) is 2. The van der Waals surface area contributed by atoms with E-state index in [2.05, 4.69) is 4.74 Å². The minimum absolute atomic E-state index is 0.0562. The molecule has 0 spiro atoms. The van der Waals surface area contributed by atoms with Crippen LogP contribution in [0.1, 0.15) is 17.3 Å². The van der Waals surface area contributed by atoms with Crippen molar-refractivity contribution in [3.63, 3.8) is 0 Å². The van der Waals surface area contributed by atoms with Gasteiger partial charge in [-0.1, -0.05) is 12.1 Å². The highest BCUT2D eigenvalue weighted by Crippen LogP contribution is 2.15. The second-order valence-corrected chi connectivity index (χ2v) is 2.32. The molecule has 4 nitrogen and oxygen atoms in total. The fourth-order valence-corrected chi connectivity index (χ4v) is 0.756. The van der Waals surface area contributed by atoms with Crippen LogP contribution in [0.25, 0.3) is 0 Å². The zero-order valence-corrected chi connectivity index (χ0v) is 8.23. The van der Waals surface area contributed by atoms with Gasteiger partial charge in [0.1, 0.15) is 11.3 Å². The number of aliphatic hydroxyl groups excluding tert-OH is 1. The number of aromatic hydroxyl groups is 1. The van der Waals surface area contributed by atoms with Crippen molar-refractivity contribution < 1.29 is 19.7 Å². The van der Waals surface area contributed by atoms with Gasteiger partial charge in [0.05, 0.1) is 7.11 Å². The first-order valence-corrected chi connectivity index (χ1v) is 4.14. The van der Waals surface area contributed by atoms with E-state index in [1.54, 1.807) is 19.1 Å². The average Bonchev–Trinajstić information content (AvgIpc) is 2.19. The first-order chi connectivity index (χ1) is 6.67. The Labute approximate surface area is 82.8 Å². The van der Waals surface area contributed by atoms with Crippen molar-refractivity contribution in [1.29, 1.82) is 0 Å². The van der Waals surface area contributed by atoms with Crippen LogP contribution in [0.5, 0.6) is 5.75 Å². The molecule has 0 amide bonds. The summed E-state index contributed by atoms with van der Waals surface area (Å²) >= 11 is 0. The van der Waals surface area contributed by atoms with Gasteiger partial charge in [-0.15, -0.1) is 0 Å². The molecule has 0 aliphatic rings. The van der Waals surface area contributed by atoms with Crippen molar-refractivity contribution >= 4 is 5.97 Å². The van der Waals surface area contributed by atoms with E-state index in [-0.39, 0.29) is 17.9 Å². The number of methoxy groups -OCH3 is 1. The number of para-hydroxylation sites is 1. The van der Waals surface area contributed by atoms with Crippen LogP contribution < -0.4 is 0 Å². The molecule has 4 heteroatoms. The van der Waals surface area contributed by atoms with Gasteiger partial charge in [-0.2, -0.15) is 0 Å². The van der Waals surface area contributed by atoms with E-state index in [1.807, 2.05) is 0 Å². The van der Waals surface area contributed by atoms with Crippen LogP contribution in [0.15, 0.2) is 24.3 Å². The topological polar surface area (TPSA) is 66.8 Å². The number of rotatable bonds is 1. The summed E-state index contributed by atoms with van der Waals surface area (Å²) < 4.78 is 4.42. The standard InChI is InChI=1S/C8H8O3.C2H6O/c1-11-8(10)6-4-2-3-5-7(6)9;1-2-3/h2-5,9H,1H3;3H,2H2,1H3. The molecule has 2 N–H and O–H groups in total. The van der Waals surface area contributed by atoms with Crippen LogP contribution >= 0.6 is 0 Å². The van der Waals surface area contributed by atoms with E-state index >= 15 is 0 Å². The van der Waals surface area contributed by atoms with Crippen LogP contribution in [0.2, 0.25) is 0 Å². The molecule has 0 saturated carbocycles. The normalized spacial score (nSPS) is 8.50. The minimum Gasteiger partial charge on any atom is -0.507 e. The van der Waals surface area contributed by atoms with Gasteiger partial charge in [-0.3, -0.25) is 0 Å². The van der Waals surface area contributed by atoms with E-state index in [9.17, 15) is 4.79 Å². The summed E-state index contributed by atoms with van der Waals surface area (Å²) in [7, 11) is 1.27. The molecule has 0 aliphatic heterocycles. The van der Waals surface area contributed by atoms with Crippen molar-refractivity contribution in [3.05, 3.63) is 29.8 Å². The predicted octanol–water partition coefficient (Wildman–Crippen LogP) is 1.18. The summed E-state index contributed by atoms with van der Waals surface area (Å²) in [6.07, 6.45) is 0. The maximum Gasteiger partial charge on any atom is 0.341 e. The van der Waals surface area contributed by atoms with Gasteiger partial charge in [0.2, 0.25) is 0 Å². The zero-order chi connectivity index (χ0) is 11.0. The maximum absolute atomic E-state index is 10.9. The van der Waals surface area contributed by atoms with Crippen LogP contribution in [-0.2, 0) is 4.74 Å². The number of benzene rings is 1. The van der Waals surface area contributed by atoms with Gasteiger partial charge in [-0.05, 0) is 19.1 Å². The number of phenolic OH excluding ortho intramolecular Hbond substituents is 1. The fraction of sp³-hybridized carbons (Fsp3) is 0.300. The molecule has 0 radical (unpaired) electrons. The summed E-state index contributed by atoms with van der Waals surface area (Å²) in [5, 5.41) is 16.7. The molecular weight excluding hydrogens is 184 g/mol. The van der Waals surface area contributed by atoms with Crippen molar-refractivity contribution in [2.24, 2.45) is 0 Å². The molecule has 0 aromatic heterocycles. The Morgan fingerprint density at radius 3 is 2.36 bits per heavy atom. The lowest BCUT2D eigenvalue weighted by Gasteiger charge is -1.99.